The van der Waals surface area contributed by atoms with Crippen molar-refractivity contribution in [3.63, 3.8) is 0 Å². The predicted octanol–water partition coefficient (Wildman–Crippen LogP) is 1.42. The van der Waals surface area contributed by atoms with Gasteiger partial charge in [-0.3, -0.25) is 0 Å². The van der Waals surface area contributed by atoms with Crippen LogP contribution in [0.3, 0.4) is 0 Å². The predicted molar refractivity (Wildman–Crippen MR) is 38.9 cm³/mol. The minimum atomic E-state index is 0.283. The molecule has 1 nitrogen and oxygen atoms in total. The van der Waals surface area contributed by atoms with Gasteiger partial charge < -0.3 is 5.11 Å². The molecule has 0 saturated carbocycles. The van der Waals surface area contributed by atoms with Crippen molar-refractivity contribution in [3.05, 3.63) is 0 Å². The monoisotopic (exact) mass is 126 g/mol. The molecule has 0 aliphatic heterocycles. The fraction of sp³-hybridized carbons (Fsp3) is 0.750. The first-order chi connectivity index (χ1) is 4.31. The molecule has 0 bridgehead atoms. The zero-order valence-corrected chi connectivity index (χ0v) is 5.93. The van der Waals surface area contributed by atoms with Crippen molar-refractivity contribution in [2.24, 2.45) is 5.92 Å². The molecule has 0 aromatic carbocycles. The van der Waals surface area contributed by atoms with Crippen LogP contribution >= 0.6 is 0 Å². The minimum absolute atomic E-state index is 0.283. The topological polar surface area (TPSA) is 20.2 Å². The van der Waals surface area contributed by atoms with Gasteiger partial charge in [-0.2, -0.15) is 0 Å². The summed E-state index contributed by atoms with van der Waals surface area (Å²) in [5.74, 6) is 3.15. The van der Waals surface area contributed by atoms with Gasteiger partial charge in [-0.05, 0) is 18.8 Å². The Morgan fingerprint density at radius 2 is 2.22 bits per heavy atom. The first-order valence-electron chi connectivity index (χ1n) is 3.35. The zero-order valence-electron chi connectivity index (χ0n) is 5.93. The second kappa shape index (κ2) is 5.65. The summed E-state index contributed by atoms with van der Waals surface area (Å²) in [6, 6.07) is 0. The number of hydrogen-bond acceptors (Lipinski definition) is 1. The maximum atomic E-state index is 8.48. The average molecular weight is 126 g/mol. The second-order valence-corrected chi connectivity index (χ2v) is 2.36. The van der Waals surface area contributed by atoms with Crippen molar-refractivity contribution in [1.82, 2.24) is 0 Å². The Morgan fingerprint density at radius 1 is 1.56 bits per heavy atom. The number of rotatable bonds is 4. The summed E-state index contributed by atoms with van der Waals surface area (Å²) in [4.78, 5) is 0. The molecule has 0 saturated heterocycles. The van der Waals surface area contributed by atoms with E-state index in [1.807, 2.05) is 0 Å². The molecule has 1 unspecified atom stereocenters. The summed E-state index contributed by atoms with van der Waals surface area (Å²) in [5.41, 5.74) is 0. The largest absolute Gasteiger partial charge is 0.396 e. The summed E-state index contributed by atoms with van der Waals surface area (Å²) < 4.78 is 0. The van der Waals surface area contributed by atoms with Crippen LogP contribution in [-0.4, -0.2) is 11.7 Å². The van der Waals surface area contributed by atoms with Crippen LogP contribution in [0.1, 0.15) is 26.2 Å². The molecule has 0 radical (unpaired) electrons. The van der Waals surface area contributed by atoms with E-state index in [-0.39, 0.29) is 6.61 Å². The molecular formula is C8H14O. The molecule has 0 aliphatic rings. The van der Waals surface area contributed by atoms with Gasteiger partial charge in [-0.1, -0.05) is 6.92 Å². The molecule has 0 aromatic heterocycles. The molecule has 1 atom stereocenters. The van der Waals surface area contributed by atoms with Crippen LogP contribution in [0.4, 0.5) is 0 Å². The van der Waals surface area contributed by atoms with E-state index in [0.29, 0.717) is 5.92 Å². The van der Waals surface area contributed by atoms with Gasteiger partial charge in [0, 0.05) is 13.0 Å². The summed E-state index contributed by atoms with van der Waals surface area (Å²) in [5, 5.41) is 8.48. The number of aliphatic hydroxyl groups excluding tert-OH is 1. The molecule has 0 aromatic rings. The number of terminal acetylenes is 1. The molecule has 9 heavy (non-hydrogen) atoms. The van der Waals surface area contributed by atoms with Crippen molar-refractivity contribution < 1.29 is 5.11 Å². The highest BCUT2D eigenvalue weighted by Gasteiger charge is 1.97. The van der Waals surface area contributed by atoms with Crippen LogP contribution in [0.25, 0.3) is 0 Å². The normalized spacial score (nSPS) is 12.6. The van der Waals surface area contributed by atoms with Gasteiger partial charge in [0.1, 0.15) is 0 Å². The maximum absolute atomic E-state index is 8.48. The lowest BCUT2D eigenvalue weighted by Gasteiger charge is -2.04. The van der Waals surface area contributed by atoms with Crippen molar-refractivity contribution in [2.45, 2.75) is 26.2 Å². The van der Waals surface area contributed by atoms with E-state index in [1.54, 1.807) is 0 Å². The highest BCUT2D eigenvalue weighted by atomic mass is 16.2. The van der Waals surface area contributed by atoms with E-state index in [2.05, 4.69) is 12.8 Å². The molecule has 0 fully saturated rings. The average Bonchev–Trinajstić information content (AvgIpc) is 1.85. The van der Waals surface area contributed by atoms with E-state index in [9.17, 15) is 0 Å². The Labute approximate surface area is 57.1 Å². The number of aliphatic hydroxyl groups is 1. The molecule has 1 heteroatoms. The maximum Gasteiger partial charge on any atom is 0.0433 e. The van der Waals surface area contributed by atoms with E-state index < -0.39 is 0 Å². The summed E-state index contributed by atoms with van der Waals surface area (Å²) >= 11 is 0. The quantitative estimate of drug-likeness (QED) is 0.565. The lowest BCUT2D eigenvalue weighted by atomic mass is 10.0. The highest BCUT2D eigenvalue weighted by Crippen LogP contribution is 2.07. The molecule has 0 spiro atoms. The third kappa shape index (κ3) is 5.39. The Hall–Kier alpha value is -0.480. The standard InChI is InChI=1S/C8H14O/c1-3-4-5-8(2)6-7-9/h1,8-9H,4-7H2,2H3. The van der Waals surface area contributed by atoms with Gasteiger partial charge in [0.2, 0.25) is 0 Å². The van der Waals surface area contributed by atoms with Crippen LogP contribution < -0.4 is 0 Å². The lowest BCUT2D eigenvalue weighted by molar-refractivity contribution is 0.259. The molecule has 0 amide bonds. The summed E-state index contributed by atoms with van der Waals surface area (Å²) in [6.07, 6.45) is 7.81. The number of hydrogen-bond donors (Lipinski definition) is 1. The first-order valence-corrected chi connectivity index (χ1v) is 3.35. The van der Waals surface area contributed by atoms with E-state index in [1.165, 1.54) is 0 Å². The summed E-state index contributed by atoms with van der Waals surface area (Å²) in [6.45, 7) is 2.39. The van der Waals surface area contributed by atoms with E-state index >= 15 is 0 Å². The second-order valence-electron chi connectivity index (χ2n) is 2.36. The van der Waals surface area contributed by atoms with Crippen LogP contribution in [0.15, 0.2) is 0 Å². The summed E-state index contributed by atoms with van der Waals surface area (Å²) in [7, 11) is 0. The first kappa shape index (κ1) is 8.52. The Kier molecular flexibility index (Phi) is 5.35. The molecule has 52 valence electrons. The SMILES string of the molecule is C#CCCC(C)CCO. The smallest absolute Gasteiger partial charge is 0.0433 e. The minimum Gasteiger partial charge on any atom is -0.396 e. The Bertz CT molecular complexity index is 91.2. The fourth-order valence-corrected chi connectivity index (χ4v) is 0.694. The molecule has 0 heterocycles. The van der Waals surface area contributed by atoms with E-state index in [0.717, 1.165) is 19.3 Å². The van der Waals surface area contributed by atoms with Crippen molar-refractivity contribution in [3.8, 4) is 12.3 Å². The van der Waals surface area contributed by atoms with Crippen molar-refractivity contribution in [2.75, 3.05) is 6.61 Å². The van der Waals surface area contributed by atoms with Crippen LogP contribution in [0.5, 0.6) is 0 Å². The highest BCUT2D eigenvalue weighted by molar-refractivity contribution is 4.83. The zero-order chi connectivity index (χ0) is 7.11. The third-order valence-electron chi connectivity index (χ3n) is 1.40. The van der Waals surface area contributed by atoms with E-state index in [4.69, 9.17) is 11.5 Å². The van der Waals surface area contributed by atoms with Gasteiger partial charge in [-0.25, -0.2) is 0 Å². The molecule has 1 N–H and O–H groups in total. The molecule has 0 aliphatic carbocycles. The van der Waals surface area contributed by atoms with Gasteiger partial charge in [0.05, 0.1) is 0 Å². The lowest BCUT2D eigenvalue weighted by Crippen LogP contribution is -1.96. The van der Waals surface area contributed by atoms with Gasteiger partial charge >= 0.3 is 0 Å². The Balaban J connectivity index is 3.07. The van der Waals surface area contributed by atoms with Gasteiger partial charge in [0.25, 0.3) is 0 Å². The van der Waals surface area contributed by atoms with Crippen LogP contribution in [-0.2, 0) is 0 Å². The Morgan fingerprint density at radius 3 is 2.67 bits per heavy atom. The van der Waals surface area contributed by atoms with Gasteiger partial charge in [-0.15, -0.1) is 12.3 Å². The van der Waals surface area contributed by atoms with Crippen LogP contribution in [0, 0.1) is 18.3 Å². The third-order valence-corrected chi connectivity index (χ3v) is 1.40. The van der Waals surface area contributed by atoms with Crippen molar-refractivity contribution >= 4 is 0 Å². The molecule has 0 rings (SSSR count). The van der Waals surface area contributed by atoms with Gasteiger partial charge in [0.15, 0.2) is 0 Å². The van der Waals surface area contributed by atoms with Crippen LogP contribution in [0.2, 0.25) is 0 Å². The fourth-order valence-electron chi connectivity index (χ4n) is 0.694. The van der Waals surface area contributed by atoms with Crippen molar-refractivity contribution in [1.29, 1.82) is 0 Å². The molecular weight excluding hydrogens is 112 g/mol.